The molecule has 2 rings (SSSR count). The van der Waals surface area contributed by atoms with E-state index in [1.54, 1.807) is 0 Å². The van der Waals surface area contributed by atoms with Gasteiger partial charge in [-0.3, -0.25) is 4.79 Å². The molecule has 6 nitrogen and oxygen atoms in total. The Kier molecular flexibility index (Phi) is 4.35. The van der Waals surface area contributed by atoms with Gasteiger partial charge in [-0.25, -0.2) is 4.79 Å². The van der Waals surface area contributed by atoms with Crippen molar-refractivity contribution in [2.24, 2.45) is 0 Å². The number of carbonyl (C=O) groups is 2. The van der Waals surface area contributed by atoms with Gasteiger partial charge in [0.05, 0.1) is 12.6 Å². The molecule has 1 fully saturated rings. The molecule has 0 saturated carbocycles. The summed E-state index contributed by atoms with van der Waals surface area (Å²) in [4.78, 5) is 22.8. The highest BCUT2D eigenvalue weighted by molar-refractivity contribution is 5.92. The van der Waals surface area contributed by atoms with E-state index < -0.39 is 12.1 Å². The predicted octanol–water partition coefficient (Wildman–Crippen LogP) is 0.426. The van der Waals surface area contributed by atoms with Crippen molar-refractivity contribution in [1.29, 1.82) is 0 Å². The van der Waals surface area contributed by atoms with E-state index in [9.17, 15) is 9.59 Å². The molecule has 0 unspecified atom stereocenters. The maximum atomic E-state index is 11.6. The molecule has 0 bridgehead atoms. The summed E-state index contributed by atoms with van der Waals surface area (Å²) in [5.41, 5.74) is 0.893. The van der Waals surface area contributed by atoms with Crippen molar-refractivity contribution in [3.05, 3.63) is 35.9 Å². The van der Waals surface area contributed by atoms with Gasteiger partial charge in [-0.2, -0.15) is 0 Å². The van der Waals surface area contributed by atoms with Gasteiger partial charge in [-0.1, -0.05) is 30.3 Å². The van der Waals surface area contributed by atoms with Crippen molar-refractivity contribution in [3.8, 4) is 0 Å². The molecule has 19 heavy (non-hydrogen) atoms. The highest BCUT2D eigenvalue weighted by Crippen LogP contribution is 2.07. The van der Waals surface area contributed by atoms with Gasteiger partial charge in [0, 0.05) is 7.11 Å². The average molecular weight is 264 g/mol. The third-order valence-corrected chi connectivity index (χ3v) is 2.84. The van der Waals surface area contributed by atoms with E-state index in [1.807, 2.05) is 30.3 Å². The lowest BCUT2D eigenvalue weighted by molar-refractivity contribution is -0.133. The Labute approximate surface area is 111 Å². The Bertz CT molecular complexity index is 449. The third kappa shape index (κ3) is 3.45. The third-order valence-electron chi connectivity index (χ3n) is 2.84. The number of hydrogen-bond acceptors (Lipinski definition) is 4. The van der Waals surface area contributed by atoms with E-state index in [2.05, 4.69) is 10.6 Å². The van der Waals surface area contributed by atoms with Crippen molar-refractivity contribution in [2.45, 2.75) is 18.7 Å². The van der Waals surface area contributed by atoms with Crippen LogP contribution >= 0.6 is 0 Å². The first-order valence-electron chi connectivity index (χ1n) is 5.97. The summed E-state index contributed by atoms with van der Waals surface area (Å²) in [5.74, 6) is -0.223. The number of rotatable bonds is 5. The van der Waals surface area contributed by atoms with Crippen LogP contribution in [0.4, 0.5) is 4.79 Å². The molecule has 6 heteroatoms. The number of benzene rings is 1. The summed E-state index contributed by atoms with van der Waals surface area (Å²) in [7, 11) is 1.54. The Morgan fingerprint density at radius 3 is 2.74 bits per heavy atom. The minimum atomic E-state index is -0.607. The molecule has 1 aliphatic rings. The van der Waals surface area contributed by atoms with Crippen LogP contribution in [0.5, 0.6) is 0 Å². The molecule has 2 amide bonds. The Balaban J connectivity index is 1.76. The molecule has 1 heterocycles. The highest BCUT2D eigenvalue weighted by Gasteiger charge is 2.40. The molecule has 1 saturated heterocycles. The van der Waals surface area contributed by atoms with E-state index >= 15 is 0 Å². The number of ether oxygens (including phenoxy) is 2. The SMILES string of the molecule is COC[C@@H]1NC(=O)[C@@H]1NC(=O)OCc1ccccc1. The van der Waals surface area contributed by atoms with Crippen LogP contribution in [0.3, 0.4) is 0 Å². The van der Waals surface area contributed by atoms with Gasteiger partial charge >= 0.3 is 6.09 Å². The summed E-state index contributed by atoms with van der Waals surface area (Å²) in [6, 6.07) is 8.56. The number of amides is 2. The Hall–Kier alpha value is -2.08. The molecule has 0 aliphatic carbocycles. The molecule has 2 atom stereocenters. The van der Waals surface area contributed by atoms with Crippen LogP contribution in [0.1, 0.15) is 5.56 Å². The van der Waals surface area contributed by atoms with Crippen LogP contribution in [0.25, 0.3) is 0 Å². The zero-order chi connectivity index (χ0) is 13.7. The standard InChI is InChI=1S/C13H16N2O4/c1-18-8-10-11(12(16)14-10)15-13(17)19-7-9-5-3-2-4-6-9/h2-6,10-11H,7-8H2,1H3,(H,14,16)(H,15,17)/t10-,11+/m0/s1. The first-order valence-corrected chi connectivity index (χ1v) is 5.97. The van der Waals surface area contributed by atoms with Gasteiger partial charge < -0.3 is 20.1 Å². The van der Waals surface area contributed by atoms with Gasteiger partial charge in [0.25, 0.3) is 0 Å². The van der Waals surface area contributed by atoms with Gasteiger partial charge in [0.1, 0.15) is 12.6 Å². The number of hydrogen-bond donors (Lipinski definition) is 2. The van der Waals surface area contributed by atoms with E-state index in [-0.39, 0.29) is 18.6 Å². The van der Waals surface area contributed by atoms with E-state index in [0.29, 0.717) is 6.61 Å². The van der Waals surface area contributed by atoms with Crippen molar-refractivity contribution < 1.29 is 19.1 Å². The zero-order valence-corrected chi connectivity index (χ0v) is 10.6. The number of nitrogens with one attached hydrogen (secondary N) is 2. The van der Waals surface area contributed by atoms with Crippen LogP contribution in [-0.4, -0.2) is 37.8 Å². The fourth-order valence-corrected chi connectivity index (χ4v) is 1.82. The average Bonchev–Trinajstić information content (AvgIpc) is 2.43. The second kappa shape index (κ2) is 6.19. The van der Waals surface area contributed by atoms with Crippen LogP contribution in [-0.2, 0) is 20.9 Å². The Morgan fingerprint density at radius 1 is 1.37 bits per heavy atom. The molecule has 0 aromatic heterocycles. The summed E-state index contributed by atoms with van der Waals surface area (Å²) < 4.78 is 9.97. The van der Waals surface area contributed by atoms with Crippen molar-refractivity contribution in [1.82, 2.24) is 10.6 Å². The maximum absolute atomic E-state index is 11.6. The second-order valence-corrected chi connectivity index (χ2v) is 4.25. The number of methoxy groups -OCH3 is 1. The fourth-order valence-electron chi connectivity index (χ4n) is 1.82. The van der Waals surface area contributed by atoms with E-state index in [1.165, 1.54) is 7.11 Å². The lowest BCUT2D eigenvalue weighted by Crippen LogP contribution is -2.70. The molecule has 102 valence electrons. The molecule has 1 aliphatic heterocycles. The highest BCUT2D eigenvalue weighted by atomic mass is 16.5. The summed E-state index contributed by atoms with van der Waals surface area (Å²) >= 11 is 0. The van der Waals surface area contributed by atoms with Crippen molar-refractivity contribution in [3.63, 3.8) is 0 Å². The van der Waals surface area contributed by atoms with Gasteiger partial charge in [-0.05, 0) is 5.56 Å². The second-order valence-electron chi connectivity index (χ2n) is 4.25. The molecule has 0 radical (unpaired) electrons. The van der Waals surface area contributed by atoms with Crippen LogP contribution in [0.2, 0.25) is 0 Å². The number of carbonyl (C=O) groups excluding carboxylic acids is 2. The van der Waals surface area contributed by atoms with E-state index in [4.69, 9.17) is 9.47 Å². The largest absolute Gasteiger partial charge is 0.445 e. The first kappa shape index (κ1) is 13.4. The monoisotopic (exact) mass is 264 g/mol. The predicted molar refractivity (Wildman–Crippen MR) is 67.4 cm³/mol. The lowest BCUT2D eigenvalue weighted by Gasteiger charge is -2.36. The fraction of sp³-hybridized carbons (Fsp3) is 0.385. The lowest BCUT2D eigenvalue weighted by atomic mass is 10.0. The van der Waals surface area contributed by atoms with Crippen molar-refractivity contribution >= 4 is 12.0 Å². The molecule has 1 aromatic rings. The summed E-state index contributed by atoms with van der Waals surface area (Å²) in [6.45, 7) is 0.533. The van der Waals surface area contributed by atoms with Crippen LogP contribution in [0.15, 0.2) is 30.3 Å². The topological polar surface area (TPSA) is 76.7 Å². The first-order chi connectivity index (χ1) is 9.20. The van der Waals surface area contributed by atoms with Gasteiger partial charge in [0.2, 0.25) is 5.91 Å². The molecular formula is C13H16N2O4. The normalized spacial score (nSPS) is 21.2. The molecule has 2 N–H and O–H groups in total. The van der Waals surface area contributed by atoms with Gasteiger partial charge in [-0.15, -0.1) is 0 Å². The minimum Gasteiger partial charge on any atom is -0.445 e. The van der Waals surface area contributed by atoms with Gasteiger partial charge in [0.15, 0.2) is 0 Å². The smallest absolute Gasteiger partial charge is 0.408 e. The quantitative estimate of drug-likeness (QED) is 0.756. The Morgan fingerprint density at radius 2 is 2.11 bits per heavy atom. The van der Waals surface area contributed by atoms with Crippen LogP contribution < -0.4 is 10.6 Å². The van der Waals surface area contributed by atoms with Crippen LogP contribution in [0, 0.1) is 0 Å². The summed E-state index contributed by atoms with van der Waals surface area (Å²) in [6.07, 6.45) is -0.607. The summed E-state index contributed by atoms with van der Waals surface area (Å²) in [5, 5.41) is 5.16. The van der Waals surface area contributed by atoms with E-state index in [0.717, 1.165) is 5.56 Å². The maximum Gasteiger partial charge on any atom is 0.408 e. The van der Waals surface area contributed by atoms with Crippen molar-refractivity contribution in [2.75, 3.05) is 13.7 Å². The molecule has 0 spiro atoms. The molecule has 1 aromatic carbocycles. The molecular weight excluding hydrogens is 248 g/mol. The zero-order valence-electron chi connectivity index (χ0n) is 10.6. The minimum absolute atomic E-state index is 0.177. The number of alkyl carbamates (subject to hydrolysis) is 1. The number of β-lactam (4-membered cyclic amide) rings is 1.